The Bertz CT molecular complexity index is 1090. The minimum atomic E-state index is -0.561. The Balaban J connectivity index is 1.42. The Labute approximate surface area is 172 Å². The smallest absolute Gasteiger partial charge is 0.338 e. The van der Waals surface area contributed by atoms with E-state index in [0.29, 0.717) is 34.5 Å². The molecule has 1 aromatic heterocycles. The van der Waals surface area contributed by atoms with Crippen LogP contribution in [0.3, 0.4) is 0 Å². The zero-order valence-corrected chi connectivity index (χ0v) is 16.3. The highest BCUT2D eigenvalue weighted by molar-refractivity contribution is 6.21. The van der Waals surface area contributed by atoms with E-state index in [0.717, 1.165) is 6.42 Å². The molecule has 0 fully saturated rings. The Morgan fingerprint density at radius 2 is 1.80 bits per heavy atom. The van der Waals surface area contributed by atoms with E-state index in [2.05, 4.69) is 10.1 Å². The van der Waals surface area contributed by atoms with Crippen LogP contribution in [0.5, 0.6) is 0 Å². The molecule has 2 heterocycles. The summed E-state index contributed by atoms with van der Waals surface area (Å²) in [6, 6.07) is 13.3. The van der Waals surface area contributed by atoms with Gasteiger partial charge in [0.05, 0.1) is 23.2 Å². The standard InChI is InChI=1S/C22H19N3O5/c1-2-6-18-23-19(30-24-18)13-29-22(28)15-8-5-7-14(11-15)12-25-20(26)16-9-3-4-10-17(16)21(25)27/h3-5,7-11H,2,6,12-13H2,1H3. The number of nitrogens with zero attached hydrogens (tertiary/aromatic N) is 3. The highest BCUT2D eigenvalue weighted by atomic mass is 16.6. The number of aromatic nitrogens is 2. The van der Waals surface area contributed by atoms with Crippen molar-refractivity contribution in [2.24, 2.45) is 0 Å². The summed E-state index contributed by atoms with van der Waals surface area (Å²) in [6.07, 6.45) is 1.58. The van der Waals surface area contributed by atoms with Gasteiger partial charge in [-0.1, -0.05) is 36.3 Å². The monoisotopic (exact) mass is 405 g/mol. The number of ether oxygens (including phenoxy) is 1. The zero-order chi connectivity index (χ0) is 21.1. The average molecular weight is 405 g/mol. The fourth-order valence-corrected chi connectivity index (χ4v) is 3.25. The molecule has 0 N–H and O–H groups in total. The quantitative estimate of drug-likeness (QED) is 0.439. The lowest BCUT2D eigenvalue weighted by Crippen LogP contribution is -2.29. The molecule has 3 aromatic rings. The number of imide groups is 1. The number of amides is 2. The van der Waals surface area contributed by atoms with Crippen molar-refractivity contribution in [2.45, 2.75) is 32.9 Å². The number of carbonyl (C=O) groups excluding carboxylic acids is 3. The lowest BCUT2D eigenvalue weighted by molar-refractivity contribution is 0.0429. The molecule has 0 bridgehead atoms. The number of rotatable bonds is 7. The maximum atomic E-state index is 12.5. The van der Waals surface area contributed by atoms with Gasteiger partial charge in [0, 0.05) is 6.42 Å². The lowest BCUT2D eigenvalue weighted by Gasteiger charge is -2.14. The van der Waals surface area contributed by atoms with Gasteiger partial charge in [0.2, 0.25) is 0 Å². The molecule has 8 heteroatoms. The molecule has 2 aromatic carbocycles. The molecule has 1 aliphatic heterocycles. The van der Waals surface area contributed by atoms with Gasteiger partial charge < -0.3 is 9.26 Å². The molecule has 0 aliphatic carbocycles. The third-order valence-corrected chi connectivity index (χ3v) is 4.69. The predicted octanol–water partition coefficient (Wildman–Crippen LogP) is 3.18. The summed E-state index contributed by atoms with van der Waals surface area (Å²) in [5.74, 6) is -0.444. The Kier molecular flexibility index (Phi) is 5.38. The largest absolute Gasteiger partial charge is 0.452 e. The summed E-state index contributed by atoms with van der Waals surface area (Å²) >= 11 is 0. The first-order valence-corrected chi connectivity index (χ1v) is 9.59. The van der Waals surface area contributed by atoms with Crippen molar-refractivity contribution in [1.29, 1.82) is 0 Å². The molecular weight excluding hydrogens is 386 g/mol. The Hall–Kier alpha value is -3.81. The van der Waals surface area contributed by atoms with E-state index < -0.39 is 5.97 Å². The zero-order valence-electron chi connectivity index (χ0n) is 16.3. The summed E-state index contributed by atoms with van der Waals surface area (Å²) in [7, 11) is 0. The maximum absolute atomic E-state index is 12.5. The van der Waals surface area contributed by atoms with Gasteiger partial charge in [-0.3, -0.25) is 14.5 Å². The van der Waals surface area contributed by atoms with Crippen molar-refractivity contribution >= 4 is 17.8 Å². The second-order valence-electron chi connectivity index (χ2n) is 6.87. The number of hydrogen-bond acceptors (Lipinski definition) is 7. The van der Waals surface area contributed by atoms with E-state index in [1.807, 2.05) is 6.92 Å². The van der Waals surface area contributed by atoms with Crippen LogP contribution < -0.4 is 0 Å². The molecule has 0 saturated heterocycles. The molecule has 8 nitrogen and oxygen atoms in total. The molecule has 4 rings (SSSR count). The van der Waals surface area contributed by atoms with E-state index in [1.165, 1.54) is 4.90 Å². The van der Waals surface area contributed by atoms with Crippen LogP contribution in [0.1, 0.15) is 61.7 Å². The van der Waals surface area contributed by atoms with Crippen LogP contribution in [-0.4, -0.2) is 32.8 Å². The van der Waals surface area contributed by atoms with E-state index in [4.69, 9.17) is 9.26 Å². The third-order valence-electron chi connectivity index (χ3n) is 4.69. The molecule has 30 heavy (non-hydrogen) atoms. The van der Waals surface area contributed by atoms with Crippen molar-refractivity contribution in [1.82, 2.24) is 15.0 Å². The molecule has 152 valence electrons. The molecule has 0 atom stereocenters. The molecule has 2 amide bonds. The van der Waals surface area contributed by atoms with Gasteiger partial charge in [-0.05, 0) is 36.2 Å². The third kappa shape index (κ3) is 3.84. The first kappa shape index (κ1) is 19.5. The number of benzene rings is 2. The highest BCUT2D eigenvalue weighted by Gasteiger charge is 2.35. The van der Waals surface area contributed by atoms with Crippen LogP contribution in [0.15, 0.2) is 53.1 Å². The number of fused-ring (bicyclic) bond motifs is 1. The number of esters is 1. The van der Waals surface area contributed by atoms with Gasteiger partial charge in [-0.25, -0.2) is 4.79 Å². The second-order valence-corrected chi connectivity index (χ2v) is 6.87. The van der Waals surface area contributed by atoms with Gasteiger partial charge >= 0.3 is 5.97 Å². The summed E-state index contributed by atoms with van der Waals surface area (Å²) in [5, 5.41) is 3.81. The normalized spacial score (nSPS) is 12.9. The van der Waals surface area contributed by atoms with Crippen LogP contribution in [0.4, 0.5) is 0 Å². The minimum Gasteiger partial charge on any atom is -0.452 e. The van der Waals surface area contributed by atoms with Crippen molar-refractivity contribution in [2.75, 3.05) is 0 Å². The molecule has 0 spiro atoms. The van der Waals surface area contributed by atoms with Crippen LogP contribution in [0.2, 0.25) is 0 Å². The maximum Gasteiger partial charge on any atom is 0.338 e. The first-order valence-electron chi connectivity index (χ1n) is 9.59. The summed E-state index contributed by atoms with van der Waals surface area (Å²) in [4.78, 5) is 42.8. The van der Waals surface area contributed by atoms with Crippen LogP contribution >= 0.6 is 0 Å². The highest BCUT2D eigenvalue weighted by Crippen LogP contribution is 2.24. The molecule has 1 aliphatic rings. The molecular formula is C22H19N3O5. The molecule has 0 radical (unpaired) electrons. The Morgan fingerprint density at radius 3 is 2.50 bits per heavy atom. The van der Waals surface area contributed by atoms with Crippen molar-refractivity contribution in [3.05, 3.63) is 82.5 Å². The van der Waals surface area contributed by atoms with Crippen LogP contribution in [0, 0.1) is 0 Å². The number of carbonyl (C=O) groups is 3. The topological polar surface area (TPSA) is 103 Å². The summed E-state index contributed by atoms with van der Waals surface area (Å²) in [6.45, 7) is 1.95. The van der Waals surface area contributed by atoms with Gasteiger partial charge in [-0.15, -0.1) is 0 Å². The minimum absolute atomic E-state index is 0.0670. The number of aryl methyl sites for hydroxylation is 1. The fraction of sp³-hybridized carbons (Fsp3) is 0.227. The average Bonchev–Trinajstić information content (AvgIpc) is 3.31. The van der Waals surface area contributed by atoms with Gasteiger partial charge in [0.15, 0.2) is 12.4 Å². The van der Waals surface area contributed by atoms with Crippen LogP contribution in [0.25, 0.3) is 0 Å². The summed E-state index contributed by atoms with van der Waals surface area (Å²) in [5.41, 5.74) is 1.72. The number of hydrogen-bond donors (Lipinski definition) is 0. The van der Waals surface area contributed by atoms with Gasteiger partial charge in [0.25, 0.3) is 17.7 Å². The van der Waals surface area contributed by atoms with Crippen molar-refractivity contribution < 1.29 is 23.6 Å². The van der Waals surface area contributed by atoms with Crippen LogP contribution in [-0.2, 0) is 24.3 Å². The van der Waals surface area contributed by atoms with Crippen molar-refractivity contribution in [3.8, 4) is 0 Å². The SMILES string of the molecule is CCCc1noc(COC(=O)c2cccc(CN3C(=O)c4ccccc4C3=O)c2)n1. The molecule has 0 unspecified atom stereocenters. The fourth-order valence-electron chi connectivity index (χ4n) is 3.25. The summed E-state index contributed by atoms with van der Waals surface area (Å²) < 4.78 is 10.3. The lowest BCUT2D eigenvalue weighted by atomic mass is 10.1. The van der Waals surface area contributed by atoms with Gasteiger partial charge in [0.1, 0.15) is 0 Å². The Morgan fingerprint density at radius 1 is 1.07 bits per heavy atom. The van der Waals surface area contributed by atoms with E-state index in [9.17, 15) is 14.4 Å². The van der Waals surface area contributed by atoms with E-state index in [1.54, 1.807) is 48.5 Å². The van der Waals surface area contributed by atoms with Gasteiger partial charge in [-0.2, -0.15) is 4.98 Å². The second kappa shape index (κ2) is 8.28. The first-order chi connectivity index (χ1) is 14.6. The van der Waals surface area contributed by atoms with Crippen molar-refractivity contribution in [3.63, 3.8) is 0 Å². The van der Waals surface area contributed by atoms with E-state index in [-0.39, 0.29) is 30.9 Å². The molecule has 0 saturated carbocycles. The predicted molar refractivity (Wildman–Crippen MR) is 105 cm³/mol. The van der Waals surface area contributed by atoms with E-state index >= 15 is 0 Å².